The fraction of sp³-hybridized carbons (Fsp3) is 0.273. The monoisotopic (exact) mass is 276 g/mol. The van der Waals surface area contributed by atoms with E-state index in [1.54, 1.807) is 12.1 Å². The Kier molecular flexibility index (Phi) is 4.84. The van der Waals surface area contributed by atoms with Crippen molar-refractivity contribution in [2.75, 3.05) is 6.26 Å². The molecule has 0 aromatic heterocycles. The Morgan fingerprint density at radius 3 is 2.38 bits per heavy atom. The Morgan fingerprint density at radius 2 is 1.88 bits per heavy atom. The molecule has 0 heterocycles. The van der Waals surface area contributed by atoms with Crippen LogP contribution < -0.4 is 0 Å². The van der Waals surface area contributed by atoms with Crippen LogP contribution in [0.4, 0.5) is 0 Å². The molecule has 5 heteroatoms. The number of halogens is 2. The minimum atomic E-state index is -0.299. The Balaban J connectivity index is 3.12. The van der Waals surface area contributed by atoms with Gasteiger partial charge >= 0.3 is 0 Å². The Morgan fingerprint density at radius 1 is 1.25 bits per heavy atom. The Labute approximate surface area is 108 Å². The SMILES string of the molecule is CSc1ccc(C(=O)CC(C)=O)c(Cl)c1Cl. The molecule has 0 N–H and O–H groups in total. The maximum Gasteiger partial charge on any atom is 0.171 e. The molecule has 0 amide bonds. The topological polar surface area (TPSA) is 34.1 Å². The van der Waals surface area contributed by atoms with Gasteiger partial charge in [0.1, 0.15) is 5.78 Å². The molecule has 0 saturated carbocycles. The first-order valence-electron chi connectivity index (χ1n) is 4.52. The van der Waals surface area contributed by atoms with Crippen LogP contribution in [0.5, 0.6) is 0 Å². The van der Waals surface area contributed by atoms with Crippen molar-refractivity contribution < 1.29 is 9.59 Å². The van der Waals surface area contributed by atoms with E-state index in [0.29, 0.717) is 10.6 Å². The molecule has 0 aliphatic carbocycles. The molecule has 0 unspecified atom stereocenters. The van der Waals surface area contributed by atoms with Crippen LogP contribution in [0.1, 0.15) is 23.7 Å². The van der Waals surface area contributed by atoms with Crippen molar-refractivity contribution in [3.05, 3.63) is 27.7 Å². The second-order valence-corrected chi connectivity index (χ2v) is 4.85. The van der Waals surface area contributed by atoms with Gasteiger partial charge in [-0.25, -0.2) is 0 Å². The van der Waals surface area contributed by atoms with Crippen LogP contribution in [0.25, 0.3) is 0 Å². The lowest BCUT2D eigenvalue weighted by molar-refractivity contribution is -0.116. The van der Waals surface area contributed by atoms with Gasteiger partial charge in [-0.3, -0.25) is 9.59 Å². The zero-order chi connectivity index (χ0) is 12.3. The molecule has 0 spiro atoms. The van der Waals surface area contributed by atoms with Crippen LogP contribution in [0.3, 0.4) is 0 Å². The van der Waals surface area contributed by atoms with Crippen LogP contribution >= 0.6 is 35.0 Å². The number of benzene rings is 1. The van der Waals surface area contributed by atoms with Crippen molar-refractivity contribution in [3.8, 4) is 0 Å². The summed E-state index contributed by atoms with van der Waals surface area (Å²) < 4.78 is 0. The first-order chi connectivity index (χ1) is 7.47. The zero-order valence-corrected chi connectivity index (χ0v) is 11.2. The maximum absolute atomic E-state index is 11.7. The molecule has 1 aromatic carbocycles. The van der Waals surface area contributed by atoms with Gasteiger partial charge in [-0.1, -0.05) is 23.2 Å². The van der Waals surface area contributed by atoms with Crippen molar-refractivity contribution in [3.63, 3.8) is 0 Å². The van der Waals surface area contributed by atoms with Gasteiger partial charge in [0.15, 0.2) is 5.78 Å². The van der Waals surface area contributed by atoms with E-state index in [0.717, 1.165) is 4.90 Å². The van der Waals surface area contributed by atoms with E-state index < -0.39 is 0 Å². The van der Waals surface area contributed by atoms with Crippen LogP contribution in [-0.2, 0) is 4.79 Å². The zero-order valence-electron chi connectivity index (χ0n) is 8.84. The predicted molar refractivity (Wildman–Crippen MR) is 67.9 cm³/mol. The Bertz CT molecular complexity index is 444. The lowest BCUT2D eigenvalue weighted by Crippen LogP contribution is -2.05. The molecule has 2 nitrogen and oxygen atoms in total. The highest BCUT2D eigenvalue weighted by molar-refractivity contribution is 7.98. The van der Waals surface area contributed by atoms with Crippen molar-refractivity contribution in [1.29, 1.82) is 0 Å². The van der Waals surface area contributed by atoms with Gasteiger partial charge in [0.05, 0.1) is 16.5 Å². The van der Waals surface area contributed by atoms with Crippen molar-refractivity contribution in [2.45, 2.75) is 18.2 Å². The molecule has 1 rings (SSSR count). The van der Waals surface area contributed by atoms with Crippen LogP contribution in [0, 0.1) is 0 Å². The third-order valence-electron chi connectivity index (χ3n) is 1.98. The van der Waals surface area contributed by atoms with Crippen molar-refractivity contribution in [2.24, 2.45) is 0 Å². The summed E-state index contributed by atoms with van der Waals surface area (Å²) in [6.07, 6.45) is 1.73. The first kappa shape index (κ1) is 13.6. The predicted octanol–water partition coefficient (Wildman–Crippen LogP) is 3.88. The summed E-state index contributed by atoms with van der Waals surface area (Å²) in [6.45, 7) is 1.36. The summed E-state index contributed by atoms with van der Waals surface area (Å²) in [5, 5.41) is 0.586. The van der Waals surface area contributed by atoms with E-state index in [-0.39, 0.29) is 23.0 Å². The van der Waals surface area contributed by atoms with Crippen molar-refractivity contribution >= 4 is 46.5 Å². The van der Waals surface area contributed by atoms with Gasteiger partial charge in [0, 0.05) is 10.5 Å². The smallest absolute Gasteiger partial charge is 0.171 e. The largest absolute Gasteiger partial charge is 0.300 e. The first-order valence-corrected chi connectivity index (χ1v) is 6.50. The van der Waals surface area contributed by atoms with Gasteiger partial charge in [0.2, 0.25) is 0 Å². The van der Waals surface area contributed by atoms with E-state index in [1.807, 2.05) is 6.26 Å². The molecule has 0 saturated heterocycles. The van der Waals surface area contributed by atoms with Crippen LogP contribution in [0.2, 0.25) is 10.0 Å². The summed E-state index contributed by atoms with van der Waals surface area (Å²) in [6, 6.07) is 3.33. The van der Waals surface area contributed by atoms with Gasteiger partial charge < -0.3 is 0 Å². The molecule has 1 aromatic rings. The number of thioether (sulfide) groups is 1. The second-order valence-electron chi connectivity index (χ2n) is 3.25. The number of ketones is 2. The molecule has 86 valence electrons. The maximum atomic E-state index is 11.7. The fourth-order valence-electron chi connectivity index (χ4n) is 1.23. The number of rotatable bonds is 4. The summed E-state index contributed by atoms with van der Waals surface area (Å²) >= 11 is 13.4. The molecule has 16 heavy (non-hydrogen) atoms. The molecule has 0 radical (unpaired) electrons. The third-order valence-corrected chi connectivity index (χ3v) is 3.75. The minimum absolute atomic E-state index is 0.144. The van der Waals surface area contributed by atoms with Gasteiger partial charge in [0.25, 0.3) is 0 Å². The number of carbonyl (C=O) groups is 2. The summed E-state index contributed by atoms with van der Waals surface area (Å²) in [7, 11) is 0. The molecular formula is C11H10Cl2O2S. The number of carbonyl (C=O) groups excluding carboxylic acids is 2. The molecule has 0 aliphatic rings. The lowest BCUT2D eigenvalue weighted by Gasteiger charge is -2.07. The Hall–Kier alpha value is -0.510. The average Bonchev–Trinajstić information content (AvgIpc) is 2.20. The van der Waals surface area contributed by atoms with Gasteiger partial charge in [-0.15, -0.1) is 11.8 Å². The van der Waals surface area contributed by atoms with Gasteiger partial charge in [-0.05, 0) is 25.3 Å². The average molecular weight is 277 g/mol. The number of hydrogen-bond donors (Lipinski definition) is 0. The van der Waals surface area contributed by atoms with E-state index >= 15 is 0 Å². The fourth-order valence-corrected chi connectivity index (χ4v) is 2.43. The second kappa shape index (κ2) is 5.71. The third kappa shape index (κ3) is 3.00. The van der Waals surface area contributed by atoms with E-state index in [9.17, 15) is 9.59 Å². The molecule has 0 bridgehead atoms. The number of hydrogen-bond acceptors (Lipinski definition) is 3. The summed E-state index contributed by atoms with van der Waals surface area (Å²) in [5.41, 5.74) is 0.305. The lowest BCUT2D eigenvalue weighted by atomic mass is 10.1. The standard InChI is InChI=1S/C11H10Cl2O2S/c1-6(14)5-8(15)7-3-4-9(16-2)11(13)10(7)12/h3-4H,5H2,1-2H3. The summed E-state index contributed by atoms with van der Waals surface area (Å²) in [5.74, 6) is -0.488. The quantitative estimate of drug-likeness (QED) is 0.476. The minimum Gasteiger partial charge on any atom is -0.300 e. The highest BCUT2D eigenvalue weighted by Gasteiger charge is 2.16. The summed E-state index contributed by atoms with van der Waals surface area (Å²) in [4.78, 5) is 23.3. The van der Waals surface area contributed by atoms with E-state index in [2.05, 4.69) is 0 Å². The van der Waals surface area contributed by atoms with Crippen LogP contribution in [0.15, 0.2) is 17.0 Å². The van der Waals surface area contributed by atoms with E-state index in [1.165, 1.54) is 18.7 Å². The normalized spacial score (nSPS) is 10.2. The molecular weight excluding hydrogens is 267 g/mol. The molecule has 0 atom stereocenters. The van der Waals surface area contributed by atoms with Gasteiger partial charge in [-0.2, -0.15) is 0 Å². The van der Waals surface area contributed by atoms with E-state index in [4.69, 9.17) is 23.2 Å². The highest BCUT2D eigenvalue weighted by atomic mass is 35.5. The van der Waals surface area contributed by atoms with Crippen LogP contribution in [-0.4, -0.2) is 17.8 Å². The molecule has 0 aliphatic heterocycles. The molecule has 0 fully saturated rings. The highest BCUT2D eigenvalue weighted by Crippen LogP contribution is 2.34. The van der Waals surface area contributed by atoms with Crippen molar-refractivity contribution in [1.82, 2.24) is 0 Å². The number of Topliss-reactive ketones (excluding diaryl/α,β-unsaturated/α-hetero) is 2.